The molecule has 6 nitrogen and oxygen atoms in total. The van der Waals surface area contributed by atoms with Crippen molar-refractivity contribution in [3.63, 3.8) is 0 Å². The molecule has 5 rings (SSSR count). The van der Waals surface area contributed by atoms with Gasteiger partial charge in [-0.05, 0) is 48.8 Å². The molecule has 224 valence electrons. The van der Waals surface area contributed by atoms with E-state index in [-0.39, 0.29) is 36.5 Å². The number of ether oxygens (including phenoxy) is 5. The zero-order valence-electron chi connectivity index (χ0n) is 24.5. The first-order chi connectivity index (χ1) is 20.7. The van der Waals surface area contributed by atoms with Crippen LogP contribution in [0.2, 0.25) is 0 Å². The van der Waals surface area contributed by atoms with Crippen molar-refractivity contribution in [2.24, 2.45) is 0 Å². The van der Waals surface area contributed by atoms with Gasteiger partial charge >= 0.3 is 5.97 Å². The van der Waals surface area contributed by atoms with E-state index in [9.17, 15) is 4.79 Å². The molecule has 3 aromatic carbocycles. The first-order valence-electron chi connectivity index (χ1n) is 15.5. The second kappa shape index (κ2) is 16.6. The number of benzene rings is 3. The van der Waals surface area contributed by atoms with Crippen molar-refractivity contribution in [3.05, 3.63) is 108 Å². The van der Waals surface area contributed by atoms with E-state index in [4.69, 9.17) is 23.7 Å². The molecular weight excluding hydrogens is 528 g/mol. The second-order valence-corrected chi connectivity index (χ2v) is 11.4. The zero-order chi connectivity index (χ0) is 28.8. The summed E-state index contributed by atoms with van der Waals surface area (Å²) in [6, 6.07) is 30.9. The summed E-state index contributed by atoms with van der Waals surface area (Å²) in [7, 11) is 0. The summed E-state index contributed by atoms with van der Waals surface area (Å²) in [4.78, 5) is 11.8. The Labute approximate surface area is 250 Å². The van der Waals surface area contributed by atoms with Crippen LogP contribution in [0.1, 0.15) is 68.1 Å². The number of carbonyl (C=O) groups excluding carboxylic acids is 1. The minimum absolute atomic E-state index is 0.0269. The summed E-state index contributed by atoms with van der Waals surface area (Å²) in [5.74, 6) is -0.151. The lowest BCUT2D eigenvalue weighted by Gasteiger charge is -2.35. The molecule has 0 unspecified atom stereocenters. The van der Waals surface area contributed by atoms with Crippen molar-refractivity contribution >= 4 is 5.97 Å². The van der Waals surface area contributed by atoms with Gasteiger partial charge in [-0.1, -0.05) is 104 Å². The molecule has 42 heavy (non-hydrogen) atoms. The van der Waals surface area contributed by atoms with Crippen LogP contribution in [0.4, 0.5) is 0 Å². The standard InChI is InChI=1S/C36H44O6/c37-36-24-35-34(42-36)21-20-33(41-35)32(40-27-30-16-8-3-9-17-30)19-11-10-18-31(39-26-29-14-6-2-7-15-29)22-23-38-25-28-12-4-1-5-13-28/h1-9,12-17,31-35H,10-11,18-27H2/t31-,32+,33+,34+,35+/m0/s1. The maximum atomic E-state index is 11.8. The number of esters is 1. The molecule has 2 aliphatic rings. The predicted molar refractivity (Wildman–Crippen MR) is 162 cm³/mol. The van der Waals surface area contributed by atoms with E-state index in [2.05, 4.69) is 48.5 Å². The summed E-state index contributed by atoms with van der Waals surface area (Å²) < 4.78 is 30.7. The Morgan fingerprint density at radius 2 is 1.26 bits per heavy atom. The van der Waals surface area contributed by atoms with Crippen molar-refractivity contribution < 1.29 is 28.5 Å². The van der Waals surface area contributed by atoms with Crippen LogP contribution >= 0.6 is 0 Å². The molecule has 0 amide bonds. The molecule has 5 atom stereocenters. The van der Waals surface area contributed by atoms with E-state index in [0.29, 0.717) is 32.8 Å². The van der Waals surface area contributed by atoms with E-state index in [1.807, 2.05) is 42.5 Å². The lowest BCUT2D eigenvalue weighted by molar-refractivity contribution is -0.158. The van der Waals surface area contributed by atoms with Crippen molar-refractivity contribution in [1.82, 2.24) is 0 Å². The van der Waals surface area contributed by atoms with Crippen molar-refractivity contribution in [2.45, 2.75) is 102 Å². The first-order valence-corrected chi connectivity index (χ1v) is 15.5. The van der Waals surface area contributed by atoms with Gasteiger partial charge in [-0.25, -0.2) is 0 Å². The van der Waals surface area contributed by atoms with Crippen LogP contribution in [0.25, 0.3) is 0 Å². The van der Waals surface area contributed by atoms with Crippen LogP contribution in [0, 0.1) is 0 Å². The van der Waals surface area contributed by atoms with Gasteiger partial charge in [0.2, 0.25) is 0 Å². The number of hydrogen-bond donors (Lipinski definition) is 0. The van der Waals surface area contributed by atoms with E-state index in [0.717, 1.165) is 50.5 Å². The highest BCUT2D eigenvalue weighted by Gasteiger charge is 2.42. The normalized spacial score (nSPS) is 21.4. The quantitative estimate of drug-likeness (QED) is 0.126. The molecule has 0 radical (unpaired) electrons. The lowest BCUT2D eigenvalue weighted by atomic mass is 9.94. The monoisotopic (exact) mass is 572 g/mol. The van der Waals surface area contributed by atoms with Gasteiger partial charge in [0.25, 0.3) is 0 Å². The van der Waals surface area contributed by atoms with Crippen molar-refractivity contribution in [2.75, 3.05) is 6.61 Å². The molecule has 2 heterocycles. The molecule has 2 saturated heterocycles. The van der Waals surface area contributed by atoms with Crippen LogP contribution in [0.15, 0.2) is 91.0 Å². The second-order valence-electron chi connectivity index (χ2n) is 11.4. The van der Waals surface area contributed by atoms with Gasteiger partial charge in [0.1, 0.15) is 12.2 Å². The van der Waals surface area contributed by atoms with Gasteiger partial charge in [0.15, 0.2) is 0 Å². The predicted octanol–water partition coefficient (Wildman–Crippen LogP) is 7.19. The highest BCUT2D eigenvalue weighted by atomic mass is 16.6. The Hall–Kier alpha value is -3.03. The third kappa shape index (κ3) is 9.77. The first kappa shape index (κ1) is 30.4. The molecular formula is C36H44O6. The largest absolute Gasteiger partial charge is 0.460 e. The van der Waals surface area contributed by atoms with Gasteiger partial charge in [-0.3, -0.25) is 4.79 Å². The smallest absolute Gasteiger partial charge is 0.308 e. The Balaban J connectivity index is 1.11. The highest BCUT2D eigenvalue weighted by Crippen LogP contribution is 2.33. The average molecular weight is 573 g/mol. The maximum Gasteiger partial charge on any atom is 0.308 e. The summed E-state index contributed by atoms with van der Waals surface area (Å²) in [5.41, 5.74) is 3.52. The fourth-order valence-electron chi connectivity index (χ4n) is 5.81. The molecule has 6 heteroatoms. The lowest BCUT2D eigenvalue weighted by Crippen LogP contribution is -2.42. The third-order valence-corrected chi connectivity index (χ3v) is 8.16. The molecule has 0 N–H and O–H groups in total. The van der Waals surface area contributed by atoms with Gasteiger partial charge < -0.3 is 23.7 Å². The number of hydrogen-bond acceptors (Lipinski definition) is 6. The van der Waals surface area contributed by atoms with Crippen molar-refractivity contribution in [3.8, 4) is 0 Å². The van der Waals surface area contributed by atoms with Crippen LogP contribution in [-0.4, -0.2) is 43.1 Å². The number of fused-ring (bicyclic) bond motifs is 1. The summed E-state index contributed by atoms with van der Waals surface area (Å²) >= 11 is 0. The third-order valence-electron chi connectivity index (χ3n) is 8.16. The van der Waals surface area contributed by atoms with Crippen LogP contribution < -0.4 is 0 Å². The van der Waals surface area contributed by atoms with E-state index in [1.165, 1.54) is 11.1 Å². The topological polar surface area (TPSA) is 63.2 Å². The van der Waals surface area contributed by atoms with Gasteiger partial charge in [0, 0.05) is 6.61 Å². The molecule has 3 aromatic rings. The average Bonchev–Trinajstić information content (AvgIpc) is 3.42. The zero-order valence-corrected chi connectivity index (χ0v) is 24.5. The van der Waals surface area contributed by atoms with E-state index < -0.39 is 0 Å². The maximum absolute atomic E-state index is 11.8. The Kier molecular flexibility index (Phi) is 12.0. The molecule has 0 saturated carbocycles. The summed E-state index contributed by atoms with van der Waals surface area (Å²) in [6.45, 7) is 2.44. The molecule has 0 aromatic heterocycles. The van der Waals surface area contributed by atoms with Crippen LogP contribution in [-0.2, 0) is 48.3 Å². The summed E-state index contributed by atoms with van der Waals surface area (Å²) in [6.07, 6.45) is 6.61. The molecule has 2 fully saturated rings. The van der Waals surface area contributed by atoms with Gasteiger partial charge in [-0.15, -0.1) is 0 Å². The van der Waals surface area contributed by atoms with Gasteiger partial charge in [0.05, 0.1) is 44.6 Å². The fraction of sp³-hybridized carbons (Fsp3) is 0.472. The van der Waals surface area contributed by atoms with Gasteiger partial charge in [-0.2, -0.15) is 0 Å². The van der Waals surface area contributed by atoms with E-state index in [1.54, 1.807) is 0 Å². The molecule has 0 bridgehead atoms. The molecule has 0 aliphatic carbocycles. The molecule has 2 aliphatic heterocycles. The SMILES string of the molecule is O=C1C[C@H]2O[C@@H]([C@@H](CCCC[C@@H](CCOCc3ccccc3)OCc3ccccc3)OCc3ccccc3)CC[C@H]2O1. The van der Waals surface area contributed by atoms with E-state index >= 15 is 0 Å². The number of carbonyl (C=O) groups is 1. The van der Waals surface area contributed by atoms with Crippen LogP contribution in [0.3, 0.4) is 0 Å². The Morgan fingerprint density at radius 3 is 1.93 bits per heavy atom. The fourth-order valence-corrected chi connectivity index (χ4v) is 5.81. The molecule has 0 spiro atoms. The Morgan fingerprint density at radius 1 is 0.667 bits per heavy atom. The van der Waals surface area contributed by atoms with Crippen LogP contribution in [0.5, 0.6) is 0 Å². The highest BCUT2D eigenvalue weighted by molar-refractivity contribution is 5.72. The van der Waals surface area contributed by atoms with Crippen molar-refractivity contribution in [1.29, 1.82) is 0 Å². The minimum atomic E-state index is -0.151. The Bertz CT molecular complexity index is 1170. The minimum Gasteiger partial charge on any atom is -0.460 e. The number of rotatable bonds is 17. The summed E-state index contributed by atoms with van der Waals surface area (Å²) in [5, 5.41) is 0. The number of unbranched alkanes of at least 4 members (excludes halogenated alkanes) is 1.